The number of halogens is 2. The second kappa shape index (κ2) is 5.38. The van der Waals surface area contributed by atoms with Crippen LogP contribution in [0.5, 0.6) is 0 Å². The van der Waals surface area contributed by atoms with Crippen molar-refractivity contribution in [3.05, 3.63) is 29.6 Å². The molecule has 0 aliphatic carbocycles. The second-order valence-corrected chi connectivity index (χ2v) is 5.72. The normalized spacial score (nSPS) is 20.3. The van der Waals surface area contributed by atoms with E-state index in [1.165, 1.54) is 6.42 Å². The lowest BCUT2D eigenvalue weighted by Gasteiger charge is -2.21. The summed E-state index contributed by atoms with van der Waals surface area (Å²) in [5.41, 5.74) is 1.75. The van der Waals surface area contributed by atoms with E-state index >= 15 is 0 Å². The first-order valence-electron chi connectivity index (χ1n) is 6.21. The first kappa shape index (κ1) is 12.9. The zero-order valence-corrected chi connectivity index (χ0v) is 12.0. The Hall–Kier alpha value is -0.570. The summed E-state index contributed by atoms with van der Waals surface area (Å²) in [6, 6.07) is 5.54. The molecule has 3 heteroatoms. The molecule has 0 spiro atoms. The van der Waals surface area contributed by atoms with Gasteiger partial charge in [0.15, 0.2) is 0 Å². The molecular formula is C14H19BrFN. The Kier molecular flexibility index (Phi) is 4.08. The molecule has 1 fully saturated rings. The van der Waals surface area contributed by atoms with Crippen molar-refractivity contribution < 1.29 is 4.39 Å². The largest absolute Gasteiger partial charge is 0.369 e. The SMILES string of the molecule is CC(C)C1CCN(c2ccc(CBr)cc2F)C1. The van der Waals surface area contributed by atoms with Crippen LogP contribution in [0.15, 0.2) is 18.2 Å². The molecule has 1 heterocycles. The van der Waals surface area contributed by atoms with Crippen LogP contribution >= 0.6 is 15.9 Å². The van der Waals surface area contributed by atoms with Crippen LogP contribution in [-0.4, -0.2) is 13.1 Å². The molecule has 0 N–H and O–H groups in total. The highest BCUT2D eigenvalue weighted by Gasteiger charge is 2.26. The number of benzene rings is 1. The van der Waals surface area contributed by atoms with E-state index in [-0.39, 0.29) is 5.82 Å². The minimum Gasteiger partial charge on any atom is -0.369 e. The van der Waals surface area contributed by atoms with E-state index in [0.29, 0.717) is 17.2 Å². The molecule has 1 unspecified atom stereocenters. The number of anilines is 1. The van der Waals surface area contributed by atoms with Gasteiger partial charge in [-0.15, -0.1) is 0 Å². The summed E-state index contributed by atoms with van der Waals surface area (Å²) in [6.07, 6.45) is 1.18. The van der Waals surface area contributed by atoms with Crippen molar-refractivity contribution in [3.8, 4) is 0 Å². The molecule has 0 amide bonds. The molecule has 0 bridgehead atoms. The molecule has 0 radical (unpaired) electrons. The summed E-state index contributed by atoms with van der Waals surface area (Å²) < 4.78 is 14.0. The zero-order chi connectivity index (χ0) is 12.4. The maximum absolute atomic E-state index is 14.0. The van der Waals surface area contributed by atoms with Crippen LogP contribution < -0.4 is 4.90 Å². The number of hydrogen-bond acceptors (Lipinski definition) is 1. The van der Waals surface area contributed by atoms with Gasteiger partial charge in [0.2, 0.25) is 0 Å². The Bertz CT molecular complexity index is 392. The van der Waals surface area contributed by atoms with Gasteiger partial charge in [0.25, 0.3) is 0 Å². The third-order valence-corrected chi connectivity index (χ3v) is 4.32. The van der Waals surface area contributed by atoms with E-state index in [0.717, 1.165) is 24.3 Å². The predicted molar refractivity (Wildman–Crippen MR) is 74.2 cm³/mol. The maximum Gasteiger partial charge on any atom is 0.146 e. The third kappa shape index (κ3) is 2.82. The van der Waals surface area contributed by atoms with E-state index in [9.17, 15) is 4.39 Å². The van der Waals surface area contributed by atoms with Crippen LogP contribution in [0.3, 0.4) is 0 Å². The summed E-state index contributed by atoms with van der Waals surface area (Å²) in [5, 5.41) is 0.707. The van der Waals surface area contributed by atoms with Gasteiger partial charge in [0.1, 0.15) is 5.82 Å². The molecule has 1 aromatic rings. The lowest BCUT2D eigenvalue weighted by Crippen LogP contribution is -2.22. The lowest BCUT2D eigenvalue weighted by atomic mass is 9.95. The minimum atomic E-state index is -0.0913. The topological polar surface area (TPSA) is 3.24 Å². The Morgan fingerprint density at radius 2 is 2.24 bits per heavy atom. The molecule has 1 nitrogen and oxygen atoms in total. The fourth-order valence-electron chi connectivity index (χ4n) is 2.44. The van der Waals surface area contributed by atoms with Crippen LogP contribution in [0.25, 0.3) is 0 Å². The van der Waals surface area contributed by atoms with Crippen LogP contribution in [0.1, 0.15) is 25.8 Å². The second-order valence-electron chi connectivity index (χ2n) is 5.16. The Labute approximate surface area is 111 Å². The third-order valence-electron chi connectivity index (χ3n) is 3.67. The number of nitrogens with zero attached hydrogens (tertiary/aromatic N) is 1. The van der Waals surface area contributed by atoms with Crippen molar-refractivity contribution in [2.45, 2.75) is 25.6 Å². The van der Waals surface area contributed by atoms with Gasteiger partial charge in [0.05, 0.1) is 5.69 Å². The quantitative estimate of drug-likeness (QED) is 0.756. The van der Waals surface area contributed by atoms with Gasteiger partial charge in [0, 0.05) is 18.4 Å². The fraction of sp³-hybridized carbons (Fsp3) is 0.571. The zero-order valence-electron chi connectivity index (χ0n) is 10.4. The highest BCUT2D eigenvalue weighted by molar-refractivity contribution is 9.08. The Morgan fingerprint density at radius 3 is 2.76 bits per heavy atom. The molecule has 94 valence electrons. The standard InChI is InChI=1S/C14H19BrFN/c1-10(2)12-5-6-17(9-12)14-4-3-11(8-15)7-13(14)16/h3-4,7,10,12H,5-6,8-9H2,1-2H3. The van der Waals surface area contributed by atoms with E-state index in [1.807, 2.05) is 12.1 Å². The highest BCUT2D eigenvalue weighted by atomic mass is 79.9. The molecule has 17 heavy (non-hydrogen) atoms. The average molecular weight is 300 g/mol. The molecule has 2 rings (SSSR count). The monoisotopic (exact) mass is 299 g/mol. The Balaban J connectivity index is 2.13. The lowest BCUT2D eigenvalue weighted by molar-refractivity contribution is 0.422. The van der Waals surface area contributed by atoms with E-state index in [2.05, 4.69) is 34.7 Å². The van der Waals surface area contributed by atoms with Crippen molar-refractivity contribution in [1.29, 1.82) is 0 Å². The van der Waals surface area contributed by atoms with Gasteiger partial charge in [-0.2, -0.15) is 0 Å². The molecule has 1 aliphatic rings. The summed E-state index contributed by atoms with van der Waals surface area (Å²) in [6.45, 7) is 6.46. The van der Waals surface area contributed by atoms with Crippen LogP contribution in [0.4, 0.5) is 10.1 Å². The van der Waals surface area contributed by atoms with Crippen molar-refractivity contribution in [1.82, 2.24) is 0 Å². The van der Waals surface area contributed by atoms with E-state index in [4.69, 9.17) is 0 Å². The Morgan fingerprint density at radius 1 is 1.47 bits per heavy atom. The minimum absolute atomic E-state index is 0.0913. The van der Waals surface area contributed by atoms with Crippen LogP contribution in [0, 0.1) is 17.7 Å². The summed E-state index contributed by atoms with van der Waals surface area (Å²) in [4.78, 5) is 2.18. The first-order chi connectivity index (χ1) is 8.11. The van der Waals surface area contributed by atoms with Gasteiger partial charge < -0.3 is 4.90 Å². The molecular weight excluding hydrogens is 281 g/mol. The van der Waals surface area contributed by atoms with Gasteiger partial charge >= 0.3 is 0 Å². The predicted octanol–water partition coefficient (Wildman–Crippen LogP) is 4.20. The van der Waals surface area contributed by atoms with Crippen molar-refractivity contribution >= 4 is 21.6 Å². The highest BCUT2D eigenvalue weighted by Crippen LogP contribution is 2.30. The molecule has 0 saturated carbocycles. The number of alkyl halides is 1. The van der Waals surface area contributed by atoms with Gasteiger partial charge in [-0.25, -0.2) is 4.39 Å². The molecule has 1 atom stereocenters. The van der Waals surface area contributed by atoms with Crippen molar-refractivity contribution in [3.63, 3.8) is 0 Å². The van der Waals surface area contributed by atoms with Gasteiger partial charge in [-0.05, 0) is 36.0 Å². The maximum atomic E-state index is 14.0. The van der Waals surface area contributed by atoms with E-state index < -0.39 is 0 Å². The number of hydrogen-bond donors (Lipinski definition) is 0. The summed E-state index contributed by atoms with van der Waals surface area (Å²) >= 11 is 3.35. The van der Waals surface area contributed by atoms with Crippen LogP contribution in [0.2, 0.25) is 0 Å². The molecule has 1 aromatic carbocycles. The fourth-order valence-corrected chi connectivity index (χ4v) is 2.79. The molecule has 1 saturated heterocycles. The van der Waals surface area contributed by atoms with Gasteiger partial charge in [-0.3, -0.25) is 0 Å². The average Bonchev–Trinajstić information content (AvgIpc) is 2.78. The summed E-state index contributed by atoms with van der Waals surface area (Å²) in [7, 11) is 0. The smallest absolute Gasteiger partial charge is 0.146 e. The van der Waals surface area contributed by atoms with Crippen LogP contribution in [-0.2, 0) is 5.33 Å². The molecule has 1 aliphatic heterocycles. The van der Waals surface area contributed by atoms with E-state index in [1.54, 1.807) is 6.07 Å². The first-order valence-corrected chi connectivity index (χ1v) is 7.33. The molecule has 0 aromatic heterocycles. The summed E-state index contributed by atoms with van der Waals surface area (Å²) in [5.74, 6) is 1.29. The number of rotatable bonds is 3. The van der Waals surface area contributed by atoms with Crippen molar-refractivity contribution in [2.75, 3.05) is 18.0 Å². The van der Waals surface area contributed by atoms with Gasteiger partial charge in [-0.1, -0.05) is 35.8 Å². The van der Waals surface area contributed by atoms with Crippen molar-refractivity contribution in [2.24, 2.45) is 11.8 Å².